The summed E-state index contributed by atoms with van der Waals surface area (Å²) in [6, 6.07) is 11.4. The fourth-order valence-electron chi connectivity index (χ4n) is 5.16. The van der Waals surface area contributed by atoms with Crippen molar-refractivity contribution in [2.24, 2.45) is 5.92 Å². The molecular formula is C27H29N9O2. The van der Waals surface area contributed by atoms with Crippen LogP contribution in [0.25, 0.3) is 22.2 Å². The molecule has 2 aliphatic heterocycles. The number of pyridine rings is 1. The Morgan fingerprint density at radius 2 is 1.76 bits per heavy atom. The van der Waals surface area contributed by atoms with Gasteiger partial charge in [0.25, 0.3) is 0 Å². The van der Waals surface area contributed by atoms with E-state index >= 15 is 0 Å². The molecule has 3 aromatic heterocycles. The van der Waals surface area contributed by atoms with Crippen molar-refractivity contribution in [3.05, 3.63) is 61.2 Å². The Morgan fingerprint density at radius 1 is 0.974 bits per heavy atom. The van der Waals surface area contributed by atoms with Crippen LogP contribution >= 0.6 is 0 Å². The van der Waals surface area contributed by atoms with Crippen molar-refractivity contribution >= 4 is 34.4 Å². The molecule has 0 bridgehead atoms. The third-order valence-corrected chi connectivity index (χ3v) is 7.25. The van der Waals surface area contributed by atoms with Gasteiger partial charge < -0.3 is 15.1 Å². The highest BCUT2D eigenvalue weighted by Gasteiger charge is 2.31. The molecular weight excluding hydrogens is 482 g/mol. The molecule has 11 heteroatoms. The normalized spacial score (nSPS) is 18.2. The number of hydrogen-bond donors (Lipinski definition) is 2. The third kappa shape index (κ3) is 5.05. The number of rotatable bonds is 6. The zero-order valence-electron chi connectivity index (χ0n) is 21.0. The number of carbonyl (C=O) groups is 2. The summed E-state index contributed by atoms with van der Waals surface area (Å²) in [5.74, 6) is 0.626. The quantitative estimate of drug-likeness (QED) is 0.403. The number of aromatic nitrogens is 5. The van der Waals surface area contributed by atoms with Crippen LogP contribution in [0.2, 0.25) is 0 Å². The molecule has 0 radical (unpaired) electrons. The third-order valence-electron chi connectivity index (χ3n) is 7.25. The molecule has 5 heterocycles. The molecule has 6 rings (SSSR count). The van der Waals surface area contributed by atoms with Crippen molar-refractivity contribution in [2.75, 3.05) is 56.0 Å². The first-order valence-electron chi connectivity index (χ1n) is 12.9. The molecule has 2 amide bonds. The standard InChI is InChI=1S/C27H29N9O2/c37-24(35-12-14-36(15-13-35)27-29-7-1-8-30-27)18-34-11-6-20(17-34)26(38)31-21-2-3-23-22(16-21)25(33-32-23)19-4-9-28-10-5-19/h1-5,7-10,16,20H,6,11-15,17-18H2,(H,31,38)(H,32,33)/t20-/m1/s1. The van der Waals surface area contributed by atoms with Crippen molar-refractivity contribution in [3.63, 3.8) is 0 Å². The van der Waals surface area contributed by atoms with Crippen LogP contribution in [0, 0.1) is 5.92 Å². The van der Waals surface area contributed by atoms with Gasteiger partial charge in [-0.2, -0.15) is 5.10 Å². The number of fused-ring (bicyclic) bond motifs is 1. The van der Waals surface area contributed by atoms with Gasteiger partial charge in [0.2, 0.25) is 17.8 Å². The van der Waals surface area contributed by atoms with E-state index in [1.165, 1.54) is 0 Å². The lowest BCUT2D eigenvalue weighted by Gasteiger charge is -2.35. The molecule has 0 spiro atoms. The van der Waals surface area contributed by atoms with E-state index in [1.807, 2.05) is 35.2 Å². The minimum absolute atomic E-state index is 0.0234. The highest BCUT2D eigenvalue weighted by Crippen LogP contribution is 2.28. The number of nitrogens with one attached hydrogen (secondary N) is 2. The number of anilines is 2. The van der Waals surface area contributed by atoms with Gasteiger partial charge in [0.1, 0.15) is 5.69 Å². The average Bonchev–Trinajstić information content (AvgIpc) is 3.61. The van der Waals surface area contributed by atoms with Crippen LogP contribution in [0.3, 0.4) is 0 Å². The molecule has 1 aromatic carbocycles. The summed E-state index contributed by atoms with van der Waals surface area (Å²) in [5.41, 5.74) is 3.41. The molecule has 2 aliphatic rings. The summed E-state index contributed by atoms with van der Waals surface area (Å²) in [6.45, 7) is 4.36. The van der Waals surface area contributed by atoms with E-state index in [0.29, 0.717) is 45.2 Å². The molecule has 4 aromatic rings. The second-order valence-electron chi connectivity index (χ2n) is 9.70. The Morgan fingerprint density at radius 3 is 2.55 bits per heavy atom. The fourth-order valence-corrected chi connectivity index (χ4v) is 5.16. The zero-order chi connectivity index (χ0) is 25.9. The van der Waals surface area contributed by atoms with Crippen molar-refractivity contribution in [1.82, 2.24) is 34.9 Å². The number of hydrogen-bond acceptors (Lipinski definition) is 8. The number of H-pyrrole nitrogens is 1. The maximum atomic E-state index is 13.1. The smallest absolute Gasteiger partial charge is 0.236 e. The van der Waals surface area contributed by atoms with E-state index in [1.54, 1.807) is 30.9 Å². The monoisotopic (exact) mass is 511 g/mol. The van der Waals surface area contributed by atoms with Gasteiger partial charge in [-0.05, 0) is 49.4 Å². The van der Waals surface area contributed by atoms with E-state index < -0.39 is 0 Å². The van der Waals surface area contributed by atoms with Crippen molar-refractivity contribution in [3.8, 4) is 11.3 Å². The van der Waals surface area contributed by atoms with Gasteiger partial charge >= 0.3 is 0 Å². The SMILES string of the molecule is O=C(Nc1ccc2[nH]nc(-c3ccncc3)c2c1)[C@@H]1CCN(CC(=O)N2CCN(c3ncccn3)CC2)C1. The summed E-state index contributed by atoms with van der Waals surface area (Å²) in [5, 5.41) is 11.5. The average molecular weight is 512 g/mol. The first-order valence-corrected chi connectivity index (χ1v) is 12.9. The maximum Gasteiger partial charge on any atom is 0.236 e. The predicted octanol–water partition coefficient (Wildman–Crippen LogP) is 2.02. The van der Waals surface area contributed by atoms with E-state index in [2.05, 4.69) is 40.3 Å². The second-order valence-corrected chi connectivity index (χ2v) is 9.70. The molecule has 11 nitrogen and oxygen atoms in total. The van der Waals surface area contributed by atoms with Crippen LogP contribution in [-0.2, 0) is 9.59 Å². The number of piperazine rings is 1. The van der Waals surface area contributed by atoms with Gasteiger partial charge in [-0.25, -0.2) is 9.97 Å². The number of amides is 2. The Hall–Kier alpha value is -4.38. The molecule has 2 saturated heterocycles. The Bertz CT molecular complexity index is 1420. The summed E-state index contributed by atoms with van der Waals surface area (Å²) in [4.78, 5) is 44.7. The van der Waals surface area contributed by atoms with Crippen LogP contribution in [-0.4, -0.2) is 92.6 Å². The topological polar surface area (TPSA) is 123 Å². The van der Waals surface area contributed by atoms with Gasteiger partial charge in [-0.15, -0.1) is 0 Å². The number of carbonyl (C=O) groups excluding carboxylic acids is 2. The second kappa shape index (κ2) is 10.5. The van der Waals surface area contributed by atoms with Gasteiger partial charge in [0.05, 0.1) is 18.0 Å². The summed E-state index contributed by atoms with van der Waals surface area (Å²) in [7, 11) is 0. The molecule has 2 N–H and O–H groups in total. The fraction of sp³-hybridized carbons (Fsp3) is 0.333. The van der Waals surface area contributed by atoms with Crippen LogP contribution < -0.4 is 10.2 Å². The molecule has 0 aliphatic carbocycles. The number of likely N-dealkylation sites (tertiary alicyclic amines) is 1. The van der Waals surface area contributed by atoms with Crippen molar-refractivity contribution in [2.45, 2.75) is 6.42 Å². The molecule has 0 unspecified atom stereocenters. The highest BCUT2D eigenvalue weighted by molar-refractivity contribution is 5.99. The molecule has 194 valence electrons. The van der Waals surface area contributed by atoms with Gasteiger partial charge in [-0.1, -0.05) is 0 Å². The van der Waals surface area contributed by atoms with Gasteiger partial charge in [-0.3, -0.25) is 24.6 Å². The largest absolute Gasteiger partial charge is 0.338 e. The maximum absolute atomic E-state index is 13.1. The minimum atomic E-state index is -0.158. The van der Waals surface area contributed by atoms with Crippen molar-refractivity contribution in [1.29, 1.82) is 0 Å². The predicted molar refractivity (Wildman–Crippen MR) is 143 cm³/mol. The van der Waals surface area contributed by atoms with E-state index in [9.17, 15) is 9.59 Å². The molecule has 38 heavy (non-hydrogen) atoms. The van der Waals surface area contributed by atoms with E-state index in [-0.39, 0.29) is 17.7 Å². The van der Waals surface area contributed by atoms with E-state index in [0.717, 1.165) is 40.8 Å². The summed E-state index contributed by atoms with van der Waals surface area (Å²) in [6.07, 6.45) is 7.66. The lowest BCUT2D eigenvalue weighted by molar-refractivity contribution is -0.132. The summed E-state index contributed by atoms with van der Waals surface area (Å²) >= 11 is 0. The first kappa shape index (κ1) is 24.0. The molecule has 1 atom stereocenters. The van der Waals surface area contributed by atoms with Crippen LogP contribution in [0.1, 0.15) is 6.42 Å². The first-order chi connectivity index (χ1) is 18.6. The molecule has 0 saturated carbocycles. The Balaban J connectivity index is 1.02. The zero-order valence-corrected chi connectivity index (χ0v) is 21.0. The lowest BCUT2D eigenvalue weighted by Crippen LogP contribution is -2.51. The Kier molecular flexibility index (Phi) is 6.65. The highest BCUT2D eigenvalue weighted by atomic mass is 16.2. The Labute approximate surface area is 219 Å². The number of aromatic amines is 1. The van der Waals surface area contributed by atoms with Crippen molar-refractivity contribution < 1.29 is 9.59 Å². The lowest BCUT2D eigenvalue weighted by atomic mass is 10.1. The van der Waals surface area contributed by atoms with Crippen LogP contribution in [0.4, 0.5) is 11.6 Å². The molecule has 2 fully saturated rings. The van der Waals surface area contributed by atoms with E-state index in [4.69, 9.17) is 0 Å². The minimum Gasteiger partial charge on any atom is -0.338 e. The van der Waals surface area contributed by atoms with Gasteiger partial charge in [0.15, 0.2) is 0 Å². The van der Waals surface area contributed by atoms with Crippen LogP contribution in [0.15, 0.2) is 61.2 Å². The number of nitrogens with zero attached hydrogens (tertiary/aromatic N) is 7. The number of benzene rings is 1. The van der Waals surface area contributed by atoms with Gasteiger partial charge in [0, 0.05) is 74.1 Å². The summed E-state index contributed by atoms with van der Waals surface area (Å²) < 4.78 is 0. The van der Waals surface area contributed by atoms with Crippen LogP contribution in [0.5, 0.6) is 0 Å².